The van der Waals surface area contributed by atoms with Crippen LogP contribution in [0.25, 0.3) is 0 Å². The van der Waals surface area contributed by atoms with Gasteiger partial charge in [-0.2, -0.15) is 0 Å². The maximum Gasteiger partial charge on any atom is 0.316 e. The molecule has 0 fully saturated rings. The second kappa shape index (κ2) is 8.83. The molecule has 0 unspecified atom stereocenters. The minimum atomic E-state index is -0.668. The monoisotopic (exact) mass is 358 g/mol. The minimum Gasteiger partial charge on any atom is -0.459 e. The Bertz CT molecular complexity index is 708. The molecule has 25 heavy (non-hydrogen) atoms. The predicted molar refractivity (Wildman–Crippen MR) is 98.9 cm³/mol. The molecule has 4 nitrogen and oxygen atoms in total. The Kier molecular flexibility index (Phi) is 6.79. The Morgan fingerprint density at radius 2 is 1.60 bits per heavy atom. The summed E-state index contributed by atoms with van der Waals surface area (Å²) < 4.78 is 5.35. The fraction of sp³-hybridized carbons (Fsp3) is 0.300. The molecule has 0 spiro atoms. The summed E-state index contributed by atoms with van der Waals surface area (Å²) >= 11 is 1.36. The van der Waals surface area contributed by atoms with Crippen molar-refractivity contribution >= 4 is 23.5 Å². The fourth-order valence-corrected chi connectivity index (χ4v) is 2.93. The van der Waals surface area contributed by atoms with E-state index < -0.39 is 5.60 Å². The molecule has 0 atom stereocenters. The third-order valence-electron chi connectivity index (χ3n) is 3.61. The number of carbonyl (C=O) groups is 2. The van der Waals surface area contributed by atoms with E-state index in [0.717, 1.165) is 4.90 Å². The number of aliphatic hydroxyl groups excluding tert-OH is 1. The molecule has 0 radical (unpaired) electrons. The first-order valence-corrected chi connectivity index (χ1v) is 9.05. The van der Waals surface area contributed by atoms with E-state index in [1.807, 2.05) is 30.3 Å². The van der Waals surface area contributed by atoms with Gasteiger partial charge in [-0.25, -0.2) is 0 Å². The van der Waals surface area contributed by atoms with Crippen molar-refractivity contribution in [3.8, 4) is 0 Å². The van der Waals surface area contributed by atoms with Crippen LogP contribution in [0.4, 0.5) is 0 Å². The maximum absolute atomic E-state index is 12.3. The van der Waals surface area contributed by atoms with Crippen molar-refractivity contribution in [3.63, 3.8) is 0 Å². The Morgan fingerprint density at radius 3 is 2.20 bits per heavy atom. The van der Waals surface area contributed by atoms with E-state index in [1.165, 1.54) is 11.8 Å². The van der Waals surface area contributed by atoms with Crippen molar-refractivity contribution in [2.24, 2.45) is 0 Å². The van der Waals surface area contributed by atoms with Gasteiger partial charge in [-0.05, 0) is 38.1 Å². The van der Waals surface area contributed by atoms with Crippen LogP contribution in [0.1, 0.15) is 36.2 Å². The van der Waals surface area contributed by atoms with E-state index in [2.05, 4.69) is 0 Å². The van der Waals surface area contributed by atoms with Crippen LogP contribution in [0.2, 0.25) is 0 Å². The predicted octanol–water partition coefficient (Wildman–Crippen LogP) is 3.71. The summed E-state index contributed by atoms with van der Waals surface area (Å²) in [5.74, 6) is -0.170. The smallest absolute Gasteiger partial charge is 0.316 e. The summed E-state index contributed by atoms with van der Waals surface area (Å²) in [5, 5.41) is 8.95. The summed E-state index contributed by atoms with van der Waals surface area (Å²) in [7, 11) is 0. The third kappa shape index (κ3) is 6.03. The summed E-state index contributed by atoms with van der Waals surface area (Å²) in [5.41, 5.74) is 0.595. The van der Waals surface area contributed by atoms with Crippen molar-refractivity contribution in [1.82, 2.24) is 0 Å². The number of aliphatic hydroxyl groups is 1. The molecule has 0 aromatic heterocycles. The van der Waals surface area contributed by atoms with Crippen LogP contribution in [-0.4, -0.2) is 34.8 Å². The Hall–Kier alpha value is -2.11. The van der Waals surface area contributed by atoms with Crippen LogP contribution in [0.5, 0.6) is 0 Å². The lowest BCUT2D eigenvalue weighted by molar-refractivity contribution is -0.154. The quantitative estimate of drug-likeness (QED) is 0.443. The molecule has 0 bridgehead atoms. The molecule has 5 heteroatoms. The molecule has 2 aromatic rings. The van der Waals surface area contributed by atoms with Gasteiger partial charge >= 0.3 is 5.97 Å². The molecular formula is C20H22O4S. The zero-order valence-electron chi connectivity index (χ0n) is 14.4. The number of esters is 1. The van der Waals surface area contributed by atoms with Gasteiger partial charge in [0.2, 0.25) is 0 Å². The van der Waals surface area contributed by atoms with E-state index in [-0.39, 0.29) is 24.1 Å². The summed E-state index contributed by atoms with van der Waals surface area (Å²) in [4.78, 5) is 25.1. The van der Waals surface area contributed by atoms with Crippen molar-refractivity contribution in [2.45, 2.75) is 30.8 Å². The number of ketones is 1. The van der Waals surface area contributed by atoms with Gasteiger partial charge < -0.3 is 9.84 Å². The third-order valence-corrected chi connectivity index (χ3v) is 4.60. The van der Waals surface area contributed by atoms with Crippen LogP contribution >= 0.6 is 11.8 Å². The van der Waals surface area contributed by atoms with Crippen molar-refractivity contribution in [2.75, 3.05) is 12.4 Å². The molecule has 1 N–H and O–H groups in total. The van der Waals surface area contributed by atoms with E-state index >= 15 is 0 Å². The molecule has 0 saturated carbocycles. The Balaban J connectivity index is 1.90. The standard InChI is InChI=1S/C20H22O4S/c1-20(2,12-13-21)24-18(22)14-25-17-10-8-16(9-11-17)19(23)15-6-4-3-5-7-15/h3-11,21H,12-14H2,1-2H3. The van der Waals surface area contributed by atoms with E-state index in [4.69, 9.17) is 9.84 Å². The lowest BCUT2D eigenvalue weighted by Crippen LogP contribution is -2.30. The van der Waals surface area contributed by atoms with Gasteiger partial charge in [0.1, 0.15) is 5.60 Å². The molecule has 0 aliphatic carbocycles. The van der Waals surface area contributed by atoms with E-state index in [9.17, 15) is 9.59 Å². The van der Waals surface area contributed by atoms with Crippen LogP contribution in [0.15, 0.2) is 59.5 Å². The number of hydrogen-bond donors (Lipinski definition) is 1. The topological polar surface area (TPSA) is 63.6 Å². The van der Waals surface area contributed by atoms with Gasteiger partial charge in [-0.1, -0.05) is 30.3 Å². The molecule has 2 rings (SSSR count). The summed E-state index contributed by atoms with van der Waals surface area (Å²) in [6.45, 7) is 3.52. The molecular weight excluding hydrogens is 336 g/mol. The highest BCUT2D eigenvalue weighted by Crippen LogP contribution is 2.22. The van der Waals surface area contributed by atoms with Gasteiger partial charge in [0.05, 0.1) is 5.75 Å². The number of thioether (sulfide) groups is 1. The second-order valence-corrected chi connectivity index (χ2v) is 7.26. The molecule has 0 aliphatic heterocycles. The van der Waals surface area contributed by atoms with Gasteiger partial charge in [0.15, 0.2) is 5.78 Å². The van der Waals surface area contributed by atoms with Gasteiger partial charge in [0, 0.05) is 29.1 Å². The van der Waals surface area contributed by atoms with Gasteiger partial charge in [-0.3, -0.25) is 9.59 Å². The lowest BCUT2D eigenvalue weighted by Gasteiger charge is -2.24. The lowest BCUT2D eigenvalue weighted by atomic mass is 10.0. The average Bonchev–Trinajstić information content (AvgIpc) is 2.60. The average molecular weight is 358 g/mol. The highest BCUT2D eigenvalue weighted by atomic mass is 32.2. The summed E-state index contributed by atoms with van der Waals surface area (Å²) in [6.07, 6.45) is 0.402. The number of hydrogen-bond acceptors (Lipinski definition) is 5. The van der Waals surface area contributed by atoms with Gasteiger partial charge in [0.25, 0.3) is 0 Å². The van der Waals surface area contributed by atoms with Crippen LogP contribution in [0, 0.1) is 0 Å². The zero-order valence-corrected chi connectivity index (χ0v) is 15.2. The number of carbonyl (C=O) groups excluding carboxylic acids is 2. The van der Waals surface area contributed by atoms with Crippen LogP contribution in [-0.2, 0) is 9.53 Å². The normalized spacial score (nSPS) is 11.2. The number of ether oxygens (including phenoxy) is 1. The molecule has 0 amide bonds. The summed E-state index contributed by atoms with van der Waals surface area (Å²) in [6, 6.07) is 16.3. The number of rotatable bonds is 8. The van der Waals surface area contributed by atoms with Crippen molar-refractivity contribution in [3.05, 3.63) is 65.7 Å². The van der Waals surface area contributed by atoms with Crippen molar-refractivity contribution in [1.29, 1.82) is 0 Å². The van der Waals surface area contributed by atoms with Gasteiger partial charge in [-0.15, -0.1) is 11.8 Å². The second-order valence-electron chi connectivity index (χ2n) is 6.22. The highest BCUT2D eigenvalue weighted by molar-refractivity contribution is 8.00. The molecule has 2 aromatic carbocycles. The largest absolute Gasteiger partial charge is 0.459 e. The first-order valence-electron chi connectivity index (χ1n) is 8.06. The SMILES string of the molecule is CC(C)(CCO)OC(=O)CSc1ccc(C(=O)c2ccccc2)cc1. The first-order chi connectivity index (χ1) is 11.9. The fourth-order valence-electron chi connectivity index (χ4n) is 2.26. The Labute approximate surface area is 152 Å². The molecule has 0 saturated heterocycles. The highest BCUT2D eigenvalue weighted by Gasteiger charge is 2.22. The first kappa shape index (κ1) is 19.2. The maximum atomic E-state index is 12.3. The zero-order chi connectivity index (χ0) is 18.3. The van der Waals surface area contributed by atoms with E-state index in [1.54, 1.807) is 38.1 Å². The molecule has 0 aliphatic rings. The van der Waals surface area contributed by atoms with Crippen LogP contribution in [0.3, 0.4) is 0 Å². The van der Waals surface area contributed by atoms with Crippen molar-refractivity contribution < 1.29 is 19.4 Å². The van der Waals surface area contributed by atoms with Crippen LogP contribution < -0.4 is 0 Å². The number of benzene rings is 2. The van der Waals surface area contributed by atoms with E-state index in [0.29, 0.717) is 17.5 Å². The molecule has 132 valence electrons. The Morgan fingerprint density at radius 1 is 1.00 bits per heavy atom. The molecule has 0 heterocycles. The minimum absolute atomic E-state index is 0.0235.